The lowest BCUT2D eigenvalue weighted by atomic mass is 9.92. The Labute approximate surface area is 95.9 Å². The molecule has 2 unspecified atom stereocenters. The van der Waals surface area contributed by atoms with E-state index in [9.17, 15) is 8.78 Å². The minimum Gasteiger partial charge on any atom is -0.317 e. The smallest absolute Gasteiger partial charge is 0.129 e. The van der Waals surface area contributed by atoms with Gasteiger partial charge in [0.2, 0.25) is 0 Å². The Morgan fingerprint density at radius 1 is 1.25 bits per heavy atom. The lowest BCUT2D eigenvalue weighted by Gasteiger charge is -2.22. The van der Waals surface area contributed by atoms with Gasteiger partial charge in [-0.15, -0.1) is 0 Å². The molecule has 0 fully saturated rings. The van der Waals surface area contributed by atoms with Gasteiger partial charge in [-0.3, -0.25) is 0 Å². The Morgan fingerprint density at radius 3 is 2.25 bits per heavy atom. The first kappa shape index (κ1) is 13.1. The monoisotopic (exact) mass is 227 g/mol. The fourth-order valence-electron chi connectivity index (χ4n) is 2.08. The molecule has 2 atom stereocenters. The lowest BCUT2D eigenvalue weighted by Crippen LogP contribution is -2.32. The molecule has 1 nitrogen and oxygen atoms in total. The van der Waals surface area contributed by atoms with Gasteiger partial charge >= 0.3 is 0 Å². The molecule has 0 aromatic heterocycles. The van der Waals surface area contributed by atoms with Crippen LogP contribution in [0.15, 0.2) is 18.2 Å². The van der Waals surface area contributed by atoms with Crippen LogP contribution in [0.3, 0.4) is 0 Å². The van der Waals surface area contributed by atoms with Crippen molar-refractivity contribution in [1.29, 1.82) is 0 Å². The maximum Gasteiger partial charge on any atom is 0.129 e. The predicted molar refractivity (Wildman–Crippen MR) is 62.4 cm³/mol. The maximum absolute atomic E-state index is 13.4. The molecule has 1 aromatic rings. The molecule has 0 aliphatic carbocycles. The Kier molecular flexibility index (Phi) is 4.87. The van der Waals surface area contributed by atoms with Crippen LogP contribution < -0.4 is 5.32 Å². The third-order valence-corrected chi connectivity index (χ3v) is 3.09. The molecule has 1 aromatic carbocycles. The minimum atomic E-state index is -0.446. The molecule has 0 saturated carbocycles. The van der Waals surface area contributed by atoms with E-state index in [2.05, 4.69) is 12.2 Å². The van der Waals surface area contributed by atoms with Crippen molar-refractivity contribution in [3.63, 3.8) is 0 Å². The van der Waals surface area contributed by atoms with Crippen molar-refractivity contribution in [2.45, 2.75) is 32.7 Å². The second kappa shape index (κ2) is 5.94. The molecule has 90 valence electrons. The summed E-state index contributed by atoms with van der Waals surface area (Å²) in [7, 11) is 1.88. The third-order valence-electron chi connectivity index (χ3n) is 3.09. The Balaban J connectivity index is 2.80. The molecule has 0 amide bonds. The number of halogens is 2. The standard InChI is InChI=1S/C13H19F2N/c1-4-13(16-3)9(2)8-10-11(14)6-5-7-12(10)15/h5-7,9,13,16H,4,8H2,1-3H3. The molecule has 0 saturated heterocycles. The van der Waals surface area contributed by atoms with Gasteiger partial charge in [0.25, 0.3) is 0 Å². The Bertz CT molecular complexity index is 314. The average Bonchev–Trinajstić information content (AvgIpc) is 2.25. The van der Waals surface area contributed by atoms with Gasteiger partial charge in [0, 0.05) is 11.6 Å². The summed E-state index contributed by atoms with van der Waals surface area (Å²) >= 11 is 0. The topological polar surface area (TPSA) is 12.0 Å². The highest BCUT2D eigenvalue weighted by molar-refractivity contribution is 5.20. The van der Waals surface area contributed by atoms with Gasteiger partial charge in [0.15, 0.2) is 0 Å². The zero-order chi connectivity index (χ0) is 12.1. The van der Waals surface area contributed by atoms with Crippen molar-refractivity contribution in [3.8, 4) is 0 Å². The zero-order valence-electron chi connectivity index (χ0n) is 10.1. The summed E-state index contributed by atoms with van der Waals surface area (Å²) in [5, 5.41) is 3.17. The van der Waals surface area contributed by atoms with Gasteiger partial charge in [-0.1, -0.05) is 19.9 Å². The van der Waals surface area contributed by atoms with E-state index in [1.54, 1.807) is 0 Å². The van der Waals surface area contributed by atoms with Crippen LogP contribution in [0.25, 0.3) is 0 Å². The van der Waals surface area contributed by atoms with Crippen molar-refractivity contribution in [2.24, 2.45) is 5.92 Å². The molecule has 3 heteroatoms. The summed E-state index contributed by atoms with van der Waals surface area (Å²) in [6, 6.07) is 4.31. The highest BCUT2D eigenvalue weighted by Crippen LogP contribution is 2.19. The summed E-state index contributed by atoms with van der Waals surface area (Å²) in [6.07, 6.45) is 1.38. The van der Waals surface area contributed by atoms with Gasteiger partial charge in [0.05, 0.1) is 0 Å². The fraction of sp³-hybridized carbons (Fsp3) is 0.538. The van der Waals surface area contributed by atoms with Crippen molar-refractivity contribution < 1.29 is 8.78 Å². The van der Waals surface area contributed by atoms with Gasteiger partial charge in [-0.2, -0.15) is 0 Å². The normalized spacial score (nSPS) is 14.8. The summed E-state index contributed by atoms with van der Waals surface area (Å²) < 4.78 is 26.8. The van der Waals surface area contributed by atoms with E-state index in [1.807, 2.05) is 14.0 Å². The van der Waals surface area contributed by atoms with Crippen LogP contribution in [-0.2, 0) is 6.42 Å². The minimum absolute atomic E-state index is 0.198. The summed E-state index contributed by atoms with van der Waals surface area (Å²) in [4.78, 5) is 0. The maximum atomic E-state index is 13.4. The first-order chi connectivity index (χ1) is 7.60. The van der Waals surface area contributed by atoms with Gasteiger partial charge in [-0.05, 0) is 37.9 Å². The third kappa shape index (κ3) is 3.01. The predicted octanol–water partition coefficient (Wildman–Crippen LogP) is 3.14. The average molecular weight is 227 g/mol. The van der Waals surface area contributed by atoms with Crippen molar-refractivity contribution in [1.82, 2.24) is 5.32 Å². The van der Waals surface area contributed by atoms with E-state index in [0.29, 0.717) is 12.5 Å². The number of nitrogens with one attached hydrogen (secondary N) is 1. The van der Waals surface area contributed by atoms with Crippen molar-refractivity contribution in [2.75, 3.05) is 7.05 Å². The number of hydrogen-bond donors (Lipinski definition) is 1. The summed E-state index contributed by atoms with van der Waals surface area (Å²) in [6.45, 7) is 4.08. The second-order valence-corrected chi connectivity index (χ2v) is 4.19. The molecule has 0 radical (unpaired) electrons. The molecule has 0 aliphatic rings. The van der Waals surface area contributed by atoms with Crippen LogP contribution in [0.1, 0.15) is 25.8 Å². The van der Waals surface area contributed by atoms with Gasteiger partial charge in [0.1, 0.15) is 11.6 Å². The van der Waals surface area contributed by atoms with E-state index >= 15 is 0 Å². The second-order valence-electron chi connectivity index (χ2n) is 4.19. The highest BCUT2D eigenvalue weighted by atomic mass is 19.1. The summed E-state index contributed by atoms with van der Waals surface area (Å²) in [5.41, 5.74) is 0.198. The van der Waals surface area contributed by atoms with Crippen LogP contribution in [0.4, 0.5) is 8.78 Å². The molecule has 0 bridgehead atoms. The number of benzene rings is 1. The lowest BCUT2D eigenvalue weighted by molar-refractivity contribution is 0.376. The van der Waals surface area contributed by atoms with E-state index in [4.69, 9.17) is 0 Å². The molecule has 0 heterocycles. The number of hydrogen-bond acceptors (Lipinski definition) is 1. The molecular formula is C13H19F2N. The molecule has 1 rings (SSSR count). The van der Waals surface area contributed by atoms with E-state index < -0.39 is 11.6 Å². The molecule has 1 N–H and O–H groups in total. The number of rotatable bonds is 5. The van der Waals surface area contributed by atoms with E-state index in [-0.39, 0.29) is 11.5 Å². The molecule has 0 spiro atoms. The summed E-state index contributed by atoms with van der Waals surface area (Å²) in [5.74, 6) is -0.683. The van der Waals surface area contributed by atoms with E-state index in [0.717, 1.165) is 6.42 Å². The highest BCUT2D eigenvalue weighted by Gasteiger charge is 2.17. The van der Waals surface area contributed by atoms with Crippen LogP contribution in [0, 0.1) is 17.6 Å². The van der Waals surface area contributed by atoms with Crippen LogP contribution >= 0.6 is 0 Å². The van der Waals surface area contributed by atoms with Crippen LogP contribution in [0.2, 0.25) is 0 Å². The van der Waals surface area contributed by atoms with E-state index in [1.165, 1.54) is 18.2 Å². The largest absolute Gasteiger partial charge is 0.317 e. The Morgan fingerprint density at radius 2 is 1.81 bits per heavy atom. The first-order valence-electron chi connectivity index (χ1n) is 5.70. The van der Waals surface area contributed by atoms with Gasteiger partial charge in [-0.25, -0.2) is 8.78 Å². The molecule has 0 aliphatic heterocycles. The molecular weight excluding hydrogens is 208 g/mol. The first-order valence-corrected chi connectivity index (χ1v) is 5.70. The zero-order valence-corrected chi connectivity index (χ0v) is 10.1. The van der Waals surface area contributed by atoms with Crippen molar-refractivity contribution in [3.05, 3.63) is 35.4 Å². The molecule has 16 heavy (non-hydrogen) atoms. The van der Waals surface area contributed by atoms with Crippen molar-refractivity contribution >= 4 is 0 Å². The quantitative estimate of drug-likeness (QED) is 0.814. The SMILES string of the molecule is CCC(NC)C(C)Cc1c(F)cccc1F. The van der Waals surface area contributed by atoms with Crippen LogP contribution in [0.5, 0.6) is 0 Å². The van der Waals surface area contributed by atoms with Gasteiger partial charge < -0.3 is 5.32 Å². The van der Waals surface area contributed by atoms with Crippen LogP contribution in [-0.4, -0.2) is 13.1 Å². The Hall–Kier alpha value is -0.960. The fourth-order valence-corrected chi connectivity index (χ4v) is 2.08.